The summed E-state index contributed by atoms with van der Waals surface area (Å²) in [6, 6.07) is 14.7. The molecule has 0 aliphatic rings. The number of hydrogen-bond donors (Lipinski definition) is 2. The van der Waals surface area contributed by atoms with Gasteiger partial charge in [-0.2, -0.15) is 0 Å². The fourth-order valence-corrected chi connectivity index (χ4v) is 3.74. The van der Waals surface area contributed by atoms with Gasteiger partial charge in [-0.05, 0) is 50.2 Å². The van der Waals surface area contributed by atoms with Crippen LogP contribution in [0.5, 0.6) is 5.75 Å². The van der Waals surface area contributed by atoms with Crippen molar-refractivity contribution >= 4 is 34.0 Å². The van der Waals surface area contributed by atoms with Crippen molar-refractivity contribution in [1.82, 2.24) is 15.0 Å². The van der Waals surface area contributed by atoms with Crippen LogP contribution in [0, 0.1) is 0 Å². The van der Waals surface area contributed by atoms with Crippen LogP contribution in [0.4, 0.5) is 5.13 Å². The van der Waals surface area contributed by atoms with Gasteiger partial charge in [-0.15, -0.1) is 11.3 Å². The maximum Gasteiger partial charge on any atom is 0.276 e. The van der Waals surface area contributed by atoms with Gasteiger partial charge < -0.3 is 14.5 Å². The first-order valence-corrected chi connectivity index (χ1v) is 11.7. The lowest BCUT2D eigenvalue weighted by Crippen LogP contribution is -2.13. The number of imidazole rings is 1. The number of rotatable bonds is 9. The molecule has 0 aliphatic heterocycles. The van der Waals surface area contributed by atoms with Crippen molar-refractivity contribution in [2.45, 2.75) is 20.0 Å². The standard InChI is InChI=1S/C24H23ClN4O3S/c1-15(2)31-12-13-32-19-9-5-17(6-10-19)22-27-20(16-3-7-18(25)8-4-16)21(28-22)23(30)29-24-26-11-14-33-24/h3-11,14-15H,12-13H2,1-2H3,(H,27,28)(H,26,29,30). The molecule has 0 spiro atoms. The number of hydrogen-bond acceptors (Lipinski definition) is 6. The Balaban J connectivity index is 1.58. The topological polar surface area (TPSA) is 89.1 Å². The van der Waals surface area contributed by atoms with E-state index >= 15 is 0 Å². The van der Waals surface area contributed by atoms with E-state index in [-0.39, 0.29) is 12.0 Å². The Morgan fingerprint density at radius 3 is 2.48 bits per heavy atom. The highest BCUT2D eigenvalue weighted by Gasteiger charge is 2.20. The Kier molecular flexibility index (Phi) is 7.39. The zero-order valence-electron chi connectivity index (χ0n) is 18.2. The number of H-pyrrole nitrogens is 1. The lowest BCUT2D eigenvalue weighted by Gasteiger charge is -2.09. The maximum absolute atomic E-state index is 13.0. The third-order valence-electron chi connectivity index (χ3n) is 4.63. The first-order valence-electron chi connectivity index (χ1n) is 10.4. The molecule has 0 fully saturated rings. The molecule has 9 heteroatoms. The van der Waals surface area contributed by atoms with Crippen LogP contribution >= 0.6 is 22.9 Å². The molecule has 0 saturated carbocycles. The second-order valence-corrected chi connectivity index (χ2v) is 8.73. The van der Waals surface area contributed by atoms with Crippen molar-refractivity contribution in [3.05, 3.63) is 70.8 Å². The minimum atomic E-state index is -0.321. The van der Waals surface area contributed by atoms with E-state index in [4.69, 9.17) is 26.1 Å². The molecule has 0 unspecified atom stereocenters. The van der Waals surface area contributed by atoms with Gasteiger partial charge in [0.1, 0.15) is 29.6 Å². The van der Waals surface area contributed by atoms with Crippen molar-refractivity contribution in [1.29, 1.82) is 0 Å². The third-order valence-corrected chi connectivity index (χ3v) is 5.57. The SMILES string of the molecule is CC(C)OCCOc1ccc(-c2nc(-c3ccc(Cl)cc3)c(C(=O)Nc3nccs3)[nH]2)cc1. The summed E-state index contributed by atoms with van der Waals surface area (Å²) < 4.78 is 11.2. The van der Waals surface area contributed by atoms with Gasteiger partial charge in [0.05, 0.1) is 12.7 Å². The molecule has 0 radical (unpaired) electrons. The van der Waals surface area contributed by atoms with Crippen molar-refractivity contribution in [2.75, 3.05) is 18.5 Å². The molecule has 2 N–H and O–H groups in total. The van der Waals surface area contributed by atoms with Crippen LogP contribution in [0.2, 0.25) is 5.02 Å². The molecule has 1 amide bonds. The summed E-state index contributed by atoms with van der Waals surface area (Å²) in [5, 5.41) is 5.73. The van der Waals surface area contributed by atoms with E-state index in [1.165, 1.54) is 11.3 Å². The van der Waals surface area contributed by atoms with Gasteiger partial charge in [0.2, 0.25) is 0 Å². The highest BCUT2D eigenvalue weighted by atomic mass is 35.5. The highest BCUT2D eigenvalue weighted by molar-refractivity contribution is 7.13. The van der Waals surface area contributed by atoms with Crippen molar-refractivity contribution < 1.29 is 14.3 Å². The lowest BCUT2D eigenvalue weighted by atomic mass is 10.1. The maximum atomic E-state index is 13.0. The van der Waals surface area contributed by atoms with E-state index in [1.807, 2.05) is 50.2 Å². The first-order chi connectivity index (χ1) is 16.0. The Hall–Kier alpha value is -3.20. The summed E-state index contributed by atoms with van der Waals surface area (Å²) in [4.78, 5) is 25.0. The number of aromatic amines is 1. The number of amides is 1. The fraction of sp³-hybridized carbons (Fsp3) is 0.208. The number of ether oxygens (including phenoxy) is 2. The van der Waals surface area contributed by atoms with E-state index in [0.29, 0.717) is 40.6 Å². The molecule has 4 rings (SSSR count). The fourth-order valence-electron chi connectivity index (χ4n) is 3.09. The Bertz CT molecular complexity index is 1190. The number of nitrogens with zero attached hydrogens (tertiary/aromatic N) is 2. The Labute approximate surface area is 200 Å². The number of carbonyl (C=O) groups is 1. The Morgan fingerprint density at radius 2 is 1.82 bits per heavy atom. The smallest absolute Gasteiger partial charge is 0.276 e. The number of halogens is 1. The van der Waals surface area contributed by atoms with Gasteiger partial charge in [-0.3, -0.25) is 10.1 Å². The van der Waals surface area contributed by atoms with E-state index in [9.17, 15) is 4.79 Å². The highest BCUT2D eigenvalue weighted by Crippen LogP contribution is 2.29. The zero-order chi connectivity index (χ0) is 23.2. The number of nitrogens with one attached hydrogen (secondary N) is 2. The monoisotopic (exact) mass is 482 g/mol. The largest absolute Gasteiger partial charge is 0.491 e. The number of aromatic nitrogens is 3. The summed E-state index contributed by atoms with van der Waals surface area (Å²) in [7, 11) is 0. The molecule has 0 saturated heterocycles. The number of carbonyl (C=O) groups excluding carboxylic acids is 1. The van der Waals surface area contributed by atoms with Gasteiger partial charge >= 0.3 is 0 Å². The molecule has 2 aromatic carbocycles. The van der Waals surface area contributed by atoms with E-state index in [2.05, 4.69) is 15.3 Å². The molecule has 0 aliphatic carbocycles. The van der Waals surface area contributed by atoms with E-state index in [1.54, 1.807) is 23.7 Å². The van der Waals surface area contributed by atoms with Crippen LogP contribution < -0.4 is 10.1 Å². The van der Waals surface area contributed by atoms with Crippen LogP contribution in [-0.4, -0.2) is 40.2 Å². The van der Waals surface area contributed by atoms with Crippen molar-refractivity contribution in [2.24, 2.45) is 0 Å². The second kappa shape index (κ2) is 10.6. The van der Waals surface area contributed by atoms with Crippen LogP contribution in [-0.2, 0) is 4.74 Å². The summed E-state index contributed by atoms with van der Waals surface area (Å²) in [6.45, 7) is 4.98. The van der Waals surface area contributed by atoms with Gasteiger partial charge in [0.25, 0.3) is 5.91 Å². The zero-order valence-corrected chi connectivity index (χ0v) is 19.7. The van der Waals surface area contributed by atoms with Gasteiger partial charge in [-0.1, -0.05) is 23.7 Å². The molecule has 33 heavy (non-hydrogen) atoms. The minimum Gasteiger partial charge on any atom is -0.491 e. The molecular weight excluding hydrogens is 460 g/mol. The average Bonchev–Trinajstić information content (AvgIpc) is 3.48. The van der Waals surface area contributed by atoms with Gasteiger partial charge in [0, 0.05) is 27.7 Å². The number of anilines is 1. The van der Waals surface area contributed by atoms with Crippen LogP contribution in [0.15, 0.2) is 60.1 Å². The quantitative estimate of drug-likeness (QED) is 0.289. The summed E-state index contributed by atoms with van der Waals surface area (Å²) in [5.41, 5.74) is 2.47. The van der Waals surface area contributed by atoms with Crippen LogP contribution in [0.25, 0.3) is 22.6 Å². The predicted molar refractivity (Wildman–Crippen MR) is 131 cm³/mol. The molecule has 7 nitrogen and oxygen atoms in total. The minimum absolute atomic E-state index is 0.173. The van der Waals surface area contributed by atoms with Crippen LogP contribution in [0.1, 0.15) is 24.3 Å². The Morgan fingerprint density at radius 1 is 1.09 bits per heavy atom. The first kappa shape index (κ1) is 23.0. The van der Waals surface area contributed by atoms with Gasteiger partial charge in [0.15, 0.2) is 5.13 Å². The number of benzene rings is 2. The van der Waals surface area contributed by atoms with E-state index in [0.717, 1.165) is 16.9 Å². The summed E-state index contributed by atoms with van der Waals surface area (Å²) in [5.74, 6) is 0.981. The average molecular weight is 483 g/mol. The number of thiazole rings is 1. The molecule has 2 heterocycles. The summed E-state index contributed by atoms with van der Waals surface area (Å²) >= 11 is 7.39. The molecule has 4 aromatic rings. The van der Waals surface area contributed by atoms with Crippen molar-refractivity contribution in [3.63, 3.8) is 0 Å². The molecule has 170 valence electrons. The predicted octanol–water partition coefficient (Wildman–Crippen LogP) is 5.91. The van der Waals surface area contributed by atoms with Crippen molar-refractivity contribution in [3.8, 4) is 28.4 Å². The molecule has 0 bridgehead atoms. The van der Waals surface area contributed by atoms with Crippen LogP contribution in [0.3, 0.4) is 0 Å². The second-order valence-electron chi connectivity index (χ2n) is 7.40. The molecule has 2 aromatic heterocycles. The lowest BCUT2D eigenvalue weighted by molar-refractivity contribution is 0.0553. The normalized spacial score (nSPS) is 11.0. The van der Waals surface area contributed by atoms with Gasteiger partial charge in [-0.25, -0.2) is 9.97 Å². The molecular formula is C24H23ClN4O3S. The van der Waals surface area contributed by atoms with E-state index < -0.39 is 0 Å². The summed E-state index contributed by atoms with van der Waals surface area (Å²) in [6.07, 6.45) is 1.81. The third kappa shape index (κ3) is 5.98. The molecule has 0 atom stereocenters.